The van der Waals surface area contributed by atoms with Gasteiger partial charge in [0.25, 0.3) is 11.8 Å². The Kier molecular flexibility index (Phi) is 23.2. The Morgan fingerprint density at radius 2 is 1.52 bits per heavy atom. The van der Waals surface area contributed by atoms with Crippen molar-refractivity contribution < 1.29 is 51.9 Å². The number of amides is 9. The fraction of sp³-hybridized carbons (Fsp3) is 0.456. The number of anilines is 1. The van der Waals surface area contributed by atoms with Gasteiger partial charge in [0.15, 0.2) is 0 Å². The number of urea groups is 1. The normalized spacial score (nSPS) is 13.8. The number of imidazole rings is 1. The van der Waals surface area contributed by atoms with Crippen LogP contribution in [0.3, 0.4) is 0 Å². The topological polar surface area (TPSA) is 282 Å². The molecule has 1 aromatic heterocycles. The van der Waals surface area contributed by atoms with Gasteiger partial charge >= 0.3 is 12.1 Å². The largest absolute Gasteiger partial charge is 0.445 e. The van der Waals surface area contributed by atoms with E-state index in [1.807, 2.05) is 62.6 Å². The number of nitrogens with two attached hydrogens (primary N) is 2. The van der Waals surface area contributed by atoms with Crippen molar-refractivity contribution in [3.63, 3.8) is 0 Å². The number of primary amides is 1. The first kappa shape index (κ1) is 61.8. The molecule has 0 fully saturated rings. The van der Waals surface area contributed by atoms with Gasteiger partial charge in [0.05, 0.1) is 18.3 Å². The second-order valence-electron chi connectivity index (χ2n) is 20.8. The number of benzene rings is 3. The van der Waals surface area contributed by atoms with Crippen molar-refractivity contribution in [3.05, 3.63) is 120 Å². The summed E-state index contributed by atoms with van der Waals surface area (Å²) in [4.78, 5) is 110. The molecule has 426 valence electrons. The third-order valence-corrected chi connectivity index (χ3v) is 13.3. The molecule has 0 radical (unpaired) electrons. The van der Waals surface area contributed by atoms with Crippen LogP contribution < -0.4 is 38.1 Å². The van der Waals surface area contributed by atoms with Gasteiger partial charge < -0.3 is 52.3 Å². The van der Waals surface area contributed by atoms with E-state index in [1.165, 1.54) is 12.2 Å². The number of hydrogen-bond donors (Lipinski definition) is 7. The number of aromatic nitrogens is 2. The molecule has 20 nitrogen and oxygen atoms in total. The Morgan fingerprint density at radius 3 is 2.15 bits per heavy atom. The van der Waals surface area contributed by atoms with Crippen LogP contribution in [0.25, 0.3) is 11.3 Å². The van der Waals surface area contributed by atoms with E-state index < -0.39 is 65.2 Å². The fourth-order valence-electron chi connectivity index (χ4n) is 9.04. The molecule has 5 rings (SSSR count). The number of unbranched alkanes of at least 4 members (excludes halogenated alkanes) is 2. The van der Waals surface area contributed by atoms with Crippen molar-refractivity contribution in [2.45, 2.75) is 130 Å². The van der Waals surface area contributed by atoms with Crippen LogP contribution in [0, 0.1) is 23.0 Å². The Hall–Kier alpha value is -8.01. The fourth-order valence-corrected chi connectivity index (χ4v) is 9.04. The van der Waals surface area contributed by atoms with Crippen molar-refractivity contribution >= 4 is 53.3 Å². The van der Waals surface area contributed by atoms with Crippen LogP contribution in [-0.4, -0.2) is 111 Å². The van der Waals surface area contributed by atoms with Gasteiger partial charge in [-0.05, 0) is 91.3 Å². The molecule has 9 N–H and O–H groups in total. The smallest absolute Gasteiger partial charge is 0.407 e. The second-order valence-corrected chi connectivity index (χ2v) is 20.8. The van der Waals surface area contributed by atoms with Crippen molar-refractivity contribution in [2.24, 2.45) is 22.8 Å². The molecule has 0 aliphatic carbocycles. The van der Waals surface area contributed by atoms with Crippen LogP contribution in [0.2, 0.25) is 0 Å². The molecule has 1 aliphatic rings. The SMILES string of the molecule is CCC(CCN(C(=O)CN)C(c1nc(-c2cc(F)ccc2F)cn1Cc1ccccc1)C(C)(C)C)NC(=O)OCc1ccc(NC(=O)C(CCCNC(N)=O)NC(=O)C(NC(=O)CCCCCN2C(=O)C=CC2=O)C(C)C)cc1. The van der Waals surface area contributed by atoms with Gasteiger partial charge in [-0.1, -0.05) is 90.4 Å². The first-order valence-corrected chi connectivity index (χ1v) is 26.6. The Labute approximate surface area is 459 Å². The number of nitrogens with one attached hydrogen (secondary N) is 5. The van der Waals surface area contributed by atoms with Gasteiger partial charge in [-0.3, -0.25) is 33.7 Å². The summed E-state index contributed by atoms with van der Waals surface area (Å²) in [6.07, 6.45) is 6.17. The summed E-state index contributed by atoms with van der Waals surface area (Å²) in [5, 5.41) is 13.7. The van der Waals surface area contributed by atoms with E-state index in [2.05, 4.69) is 26.6 Å². The molecular weight excluding hydrogens is 1020 g/mol. The van der Waals surface area contributed by atoms with E-state index in [1.54, 1.807) is 49.2 Å². The number of nitrogens with zero attached hydrogens (tertiary/aromatic N) is 4. The number of halogens is 2. The molecule has 0 saturated heterocycles. The van der Waals surface area contributed by atoms with Crippen LogP contribution in [0.5, 0.6) is 0 Å². The molecule has 0 spiro atoms. The lowest BCUT2D eigenvalue weighted by atomic mass is 9.84. The van der Waals surface area contributed by atoms with E-state index in [9.17, 15) is 42.7 Å². The summed E-state index contributed by atoms with van der Waals surface area (Å²) in [7, 11) is 0. The lowest BCUT2D eigenvalue weighted by Gasteiger charge is -2.40. The first-order chi connectivity index (χ1) is 37.6. The molecule has 3 aromatic carbocycles. The van der Waals surface area contributed by atoms with Crippen LogP contribution in [0.15, 0.2) is 91.1 Å². The highest BCUT2D eigenvalue weighted by atomic mass is 19.1. The van der Waals surface area contributed by atoms with Crippen LogP contribution >= 0.6 is 0 Å². The molecule has 4 aromatic rings. The summed E-state index contributed by atoms with van der Waals surface area (Å²) in [5.41, 5.74) is 12.6. The molecule has 9 amide bonds. The van der Waals surface area contributed by atoms with Crippen molar-refractivity contribution in [1.82, 2.24) is 40.6 Å². The minimum atomic E-state index is -1.09. The third-order valence-electron chi connectivity index (χ3n) is 13.3. The van der Waals surface area contributed by atoms with Crippen molar-refractivity contribution in [1.29, 1.82) is 0 Å². The maximum atomic E-state index is 15.2. The summed E-state index contributed by atoms with van der Waals surface area (Å²) >= 11 is 0. The Balaban J connectivity index is 1.18. The minimum absolute atomic E-state index is 0.0272. The van der Waals surface area contributed by atoms with Crippen molar-refractivity contribution in [3.8, 4) is 11.3 Å². The van der Waals surface area contributed by atoms with E-state index in [0.717, 1.165) is 28.7 Å². The van der Waals surface area contributed by atoms with E-state index in [4.69, 9.17) is 21.2 Å². The standard InChI is InChI=1S/C57H75F2N11O9/c1-7-40(27-30-70(49(74)32-60)51(57(4,5)6)52-65-45(42-31-39(58)21-24-43(42)59)34-68(52)33-37-15-10-8-11-16-37)64-56(78)79-35-38-19-22-41(23-20-38)63-53(75)44(17-14-28-62-55(61)77)66-54(76)50(36(2)3)67-46(71)18-12-9-13-29-69-47(72)25-26-48(69)73/h8,10-11,15-16,19-26,31,34,36,40,44,50-51H,7,9,12-14,17-18,27-30,32-33,35,60H2,1-6H3,(H,63,75)(H,64,78)(H,66,76)(H,67,71)(H3,61,62,77). The number of hydrogen-bond acceptors (Lipinski definition) is 11. The minimum Gasteiger partial charge on any atom is -0.445 e. The maximum Gasteiger partial charge on any atom is 0.407 e. The van der Waals surface area contributed by atoms with E-state index >= 15 is 4.39 Å². The number of carbonyl (C=O) groups is 8. The summed E-state index contributed by atoms with van der Waals surface area (Å²) < 4.78 is 37.1. The molecule has 22 heteroatoms. The molecule has 1 aliphatic heterocycles. The summed E-state index contributed by atoms with van der Waals surface area (Å²) in [6, 6.07) is 15.2. The van der Waals surface area contributed by atoms with Gasteiger partial charge in [-0.25, -0.2) is 23.4 Å². The van der Waals surface area contributed by atoms with Gasteiger partial charge in [-0.2, -0.15) is 0 Å². The van der Waals surface area contributed by atoms with Gasteiger partial charge in [0.1, 0.15) is 36.1 Å². The van der Waals surface area contributed by atoms with Crippen LogP contribution in [0.4, 0.5) is 24.1 Å². The summed E-state index contributed by atoms with van der Waals surface area (Å²) in [5.74, 6) is -3.85. The molecule has 4 atom stereocenters. The van der Waals surface area contributed by atoms with Crippen LogP contribution in [0.1, 0.15) is 116 Å². The van der Waals surface area contributed by atoms with E-state index in [0.29, 0.717) is 55.7 Å². The molecule has 0 saturated carbocycles. The molecule has 2 heterocycles. The third kappa shape index (κ3) is 18.9. The zero-order valence-corrected chi connectivity index (χ0v) is 45.8. The highest BCUT2D eigenvalue weighted by Crippen LogP contribution is 2.40. The van der Waals surface area contributed by atoms with Crippen LogP contribution in [-0.2, 0) is 46.7 Å². The quantitative estimate of drug-likeness (QED) is 0.0233. The highest BCUT2D eigenvalue weighted by molar-refractivity contribution is 6.12. The number of carbonyl (C=O) groups excluding carboxylic acids is 8. The zero-order valence-electron chi connectivity index (χ0n) is 45.8. The highest BCUT2D eigenvalue weighted by Gasteiger charge is 2.39. The average Bonchev–Trinajstić information content (AvgIpc) is 4.14. The molecule has 4 unspecified atom stereocenters. The first-order valence-electron chi connectivity index (χ1n) is 26.6. The monoisotopic (exact) mass is 1100 g/mol. The number of alkyl carbamates (subject to hydrolysis) is 1. The molecular formula is C57H75F2N11O9. The predicted molar refractivity (Wildman–Crippen MR) is 293 cm³/mol. The lowest BCUT2D eigenvalue weighted by molar-refractivity contribution is -0.137. The van der Waals surface area contributed by atoms with Gasteiger partial charge in [0.2, 0.25) is 23.6 Å². The zero-order chi connectivity index (χ0) is 57.8. The van der Waals surface area contributed by atoms with E-state index in [-0.39, 0.29) is 92.9 Å². The molecule has 0 bridgehead atoms. The van der Waals surface area contributed by atoms with Gasteiger partial charge in [0, 0.05) is 68.2 Å². The Morgan fingerprint density at radius 1 is 0.823 bits per heavy atom. The lowest BCUT2D eigenvalue weighted by Crippen LogP contribution is -2.54. The Bertz CT molecular complexity index is 2770. The number of ether oxygens (including phenoxy) is 1. The maximum absolute atomic E-state index is 15.2. The number of imide groups is 1. The van der Waals surface area contributed by atoms with Crippen molar-refractivity contribution in [2.75, 3.05) is 31.5 Å². The predicted octanol–water partition coefficient (Wildman–Crippen LogP) is 6.34. The second kappa shape index (κ2) is 29.7. The summed E-state index contributed by atoms with van der Waals surface area (Å²) in [6.45, 7) is 11.6. The van der Waals surface area contributed by atoms with Gasteiger partial charge in [-0.15, -0.1) is 0 Å². The average molecular weight is 1100 g/mol. The number of rotatable bonds is 29. The molecule has 79 heavy (non-hydrogen) atoms.